The van der Waals surface area contributed by atoms with Crippen LogP contribution in [0.2, 0.25) is 0 Å². The van der Waals surface area contributed by atoms with Gasteiger partial charge in [0.2, 0.25) is 0 Å². The fraction of sp³-hybridized carbons (Fsp3) is 0.825. The summed E-state index contributed by atoms with van der Waals surface area (Å²) in [6, 6.07) is 0. The summed E-state index contributed by atoms with van der Waals surface area (Å²) in [5.74, 6) is -0.348. The SMILES string of the molecule is CCC/C=C\C/C=C\CCCCCCCC(=O)OC(COCCCCCCCC/C=C\CCCCCCCCC)COP(=O)(O)OCCN. The van der Waals surface area contributed by atoms with Crippen LogP contribution in [-0.4, -0.2) is 49.9 Å². The molecule has 0 bridgehead atoms. The third-order valence-corrected chi connectivity index (χ3v) is 9.24. The molecule has 49 heavy (non-hydrogen) atoms. The van der Waals surface area contributed by atoms with Crippen molar-refractivity contribution in [3.63, 3.8) is 0 Å². The average Bonchev–Trinajstić information content (AvgIpc) is 3.09. The molecule has 8 nitrogen and oxygen atoms in total. The first-order valence-corrected chi connectivity index (χ1v) is 21.5. The molecule has 2 unspecified atom stereocenters. The molecule has 9 heteroatoms. The Hall–Kier alpha value is -1.28. The van der Waals surface area contributed by atoms with Crippen LogP contribution in [0.1, 0.15) is 174 Å². The number of carbonyl (C=O) groups is 1. The van der Waals surface area contributed by atoms with Gasteiger partial charge < -0.3 is 20.1 Å². The molecule has 3 N–H and O–H groups in total. The molecule has 0 amide bonds. The number of unbranched alkanes of at least 4 members (excludes halogenated alkanes) is 19. The quantitative estimate of drug-likeness (QED) is 0.0281. The number of esters is 1. The molecule has 0 heterocycles. The number of allylic oxidation sites excluding steroid dienone is 6. The van der Waals surface area contributed by atoms with E-state index in [0.717, 1.165) is 64.2 Å². The van der Waals surface area contributed by atoms with Crippen molar-refractivity contribution in [3.8, 4) is 0 Å². The molecule has 0 saturated heterocycles. The van der Waals surface area contributed by atoms with Gasteiger partial charge >= 0.3 is 13.8 Å². The summed E-state index contributed by atoms with van der Waals surface area (Å²) in [6.45, 7) is 4.82. The summed E-state index contributed by atoms with van der Waals surface area (Å²) in [7, 11) is -4.28. The molecule has 0 spiro atoms. The number of nitrogens with two attached hydrogens (primary N) is 1. The van der Waals surface area contributed by atoms with Crippen molar-refractivity contribution in [2.24, 2.45) is 5.73 Å². The van der Waals surface area contributed by atoms with Crippen LogP contribution >= 0.6 is 7.82 Å². The van der Waals surface area contributed by atoms with Gasteiger partial charge in [-0.25, -0.2) is 4.57 Å². The third-order valence-electron chi connectivity index (χ3n) is 8.26. The fourth-order valence-electron chi connectivity index (χ4n) is 5.32. The van der Waals surface area contributed by atoms with Crippen LogP contribution in [-0.2, 0) is 27.9 Å². The van der Waals surface area contributed by atoms with Crippen LogP contribution in [0, 0.1) is 0 Å². The molecule has 0 aliphatic carbocycles. The number of rotatable bonds is 38. The highest BCUT2D eigenvalue weighted by Gasteiger charge is 2.25. The summed E-state index contributed by atoms with van der Waals surface area (Å²) >= 11 is 0. The van der Waals surface area contributed by atoms with Crippen LogP contribution in [0.15, 0.2) is 36.5 Å². The van der Waals surface area contributed by atoms with Crippen molar-refractivity contribution in [2.75, 3.05) is 33.0 Å². The monoisotopic (exact) mass is 714 g/mol. The molecule has 0 aromatic rings. The van der Waals surface area contributed by atoms with E-state index in [1.807, 2.05) is 0 Å². The molecular weight excluding hydrogens is 637 g/mol. The second-order valence-electron chi connectivity index (χ2n) is 13.1. The van der Waals surface area contributed by atoms with Gasteiger partial charge in [-0.05, 0) is 64.2 Å². The first-order chi connectivity index (χ1) is 23.9. The summed E-state index contributed by atoms with van der Waals surface area (Å²) in [5, 5.41) is 0. The van der Waals surface area contributed by atoms with Gasteiger partial charge in [0, 0.05) is 19.6 Å². The molecule has 0 aromatic carbocycles. The Kier molecular flexibility index (Phi) is 37.0. The summed E-state index contributed by atoms with van der Waals surface area (Å²) < 4.78 is 33.3. The first-order valence-electron chi connectivity index (χ1n) is 20.0. The number of phosphoric ester groups is 1. The number of ether oxygens (including phenoxy) is 2. The molecule has 0 fully saturated rings. The van der Waals surface area contributed by atoms with Crippen LogP contribution in [0.4, 0.5) is 0 Å². The van der Waals surface area contributed by atoms with E-state index in [2.05, 4.69) is 50.3 Å². The maximum absolute atomic E-state index is 12.5. The minimum atomic E-state index is -4.28. The molecule has 0 aliphatic rings. The van der Waals surface area contributed by atoms with E-state index in [9.17, 15) is 14.3 Å². The van der Waals surface area contributed by atoms with E-state index in [0.29, 0.717) is 13.0 Å². The lowest BCUT2D eigenvalue weighted by atomic mass is 10.1. The lowest BCUT2D eigenvalue weighted by molar-refractivity contribution is -0.154. The van der Waals surface area contributed by atoms with Crippen LogP contribution in [0.25, 0.3) is 0 Å². The second-order valence-corrected chi connectivity index (χ2v) is 14.6. The van der Waals surface area contributed by atoms with Gasteiger partial charge in [0.15, 0.2) is 0 Å². The Bertz CT molecular complexity index is 848. The van der Waals surface area contributed by atoms with E-state index in [1.165, 1.54) is 89.9 Å². The minimum Gasteiger partial charge on any atom is -0.457 e. The van der Waals surface area contributed by atoms with Crippen molar-refractivity contribution in [1.29, 1.82) is 0 Å². The fourth-order valence-corrected chi connectivity index (χ4v) is 6.09. The Morgan fingerprint density at radius 3 is 1.69 bits per heavy atom. The van der Waals surface area contributed by atoms with E-state index < -0.39 is 13.9 Å². The van der Waals surface area contributed by atoms with Gasteiger partial charge in [-0.2, -0.15) is 0 Å². The van der Waals surface area contributed by atoms with Crippen molar-refractivity contribution in [2.45, 2.75) is 180 Å². The van der Waals surface area contributed by atoms with Crippen molar-refractivity contribution in [3.05, 3.63) is 36.5 Å². The van der Waals surface area contributed by atoms with E-state index >= 15 is 0 Å². The Morgan fingerprint density at radius 1 is 0.612 bits per heavy atom. The first kappa shape index (κ1) is 47.7. The van der Waals surface area contributed by atoms with Crippen LogP contribution < -0.4 is 5.73 Å². The Labute approximate surface area is 301 Å². The number of phosphoric acid groups is 1. The standard InChI is InChI=1S/C40H76NO7P/c1-3-5-7-9-11-13-15-17-18-19-20-22-24-26-28-30-32-35-45-37-39(38-47-49(43,44)46-36-34-41)48-40(42)33-31-29-27-25-23-21-16-14-12-10-8-6-4-2/h8,10,14,16,18-19,39H,3-7,9,11-13,15,17,20-38,41H2,1-2H3,(H,43,44)/b10-8-,16-14-,19-18-. The average molecular weight is 714 g/mol. The molecule has 0 saturated carbocycles. The highest BCUT2D eigenvalue weighted by atomic mass is 31.2. The van der Waals surface area contributed by atoms with E-state index in [1.54, 1.807) is 0 Å². The minimum absolute atomic E-state index is 0.0965. The van der Waals surface area contributed by atoms with Gasteiger partial charge in [0.1, 0.15) is 6.10 Å². The summed E-state index contributed by atoms with van der Waals surface area (Å²) in [6.07, 6.45) is 41.6. The van der Waals surface area contributed by atoms with Crippen molar-refractivity contribution in [1.82, 2.24) is 0 Å². The number of hydrogen-bond donors (Lipinski definition) is 2. The van der Waals surface area contributed by atoms with E-state index in [-0.39, 0.29) is 32.3 Å². The maximum Gasteiger partial charge on any atom is 0.472 e. The largest absolute Gasteiger partial charge is 0.472 e. The highest BCUT2D eigenvalue weighted by molar-refractivity contribution is 7.47. The maximum atomic E-state index is 12.5. The predicted octanol–water partition coefficient (Wildman–Crippen LogP) is 11.5. The lowest BCUT2D eigenvalue weighted by Gasteiger charge is -2.20. The lowest BCUT2D eigenvalue weighted by Crippen LogP contribution is -2.28. The molecule has 0 aromatic heterocycles. The Morgan fingerprint density at radius 2 is 1.12 bits per heavy atom. The zero-order chi connectivity index (χ0) is 35.9. The second kappa shape index (κ2) is 38.0. The smallest absolute Gasteiger partial charge is 0.457 e. The normalized spacial score (nSPS) is 14.0. The summed E-state index contributed by atoms with van der Waals surface area (Å²) in [5.41, 5.74) is 5.35. The molecule has 0 rings (SSSR count). The number of carbonyl (C=O) groups excluding carboxylic acids is 1. The van der Waals surface area contributed by atoms with Crippen molar-refractivity contribution >= 4 is 13.8 Å². The van der Waals surface area contributed by atoms with Gasteiger partial charge in [0.25, 0.3) is 0 Å². The number of hydrogen-bond acceptors (Lipinski definition) is 7. The highest BCUT2D eigenvalue weighted by Crippen LogP contribution is 2.43. The molecular formula is C40H76NO7P. The van der Waals surface area contributed by atoms with Crippen LogP contribution in [0.5, 0.6) is 0 Å². The zero-order valence-electron chi connectivity index (χ0n) is 31.7. The predicted molar refractivity (Wildman–Crippen MR) is 206 cm³/mol. The molecule has 0 aliphatic heterocycles. The zero-order valence-corrected chi connectivity index (χ0v) is 32.6. The third kappa shape index (κ3) is 37.8. The Balaban J connectivity index is 4.08. The van der Waals surface area contributed by atoms with Gasteiger partial charge in [-0.3, -0.25) is 13.8 Å². The van der Waals surface area contributed by atoms with Crippen LogP contribution in [0.3, 0.4) is 0 Å². The van der Waals surface area contributed by atoms with Crippen molar-refractivity contribution < 1.29 is 32.8 Å². The molecule has 2 atom stereocenters. The molecule has 288 valence electrons. The van der Waals surface area contributed by atoms with E-state index in [4.69, 9.17) is 24.3 Å². The van der Waals surface area contributed by atoms with Gasteiger partial charge in [-0.1, -0.05) is 140 Å². The summed E-state index contributed by atoms with van der Waals surface area (Å²) in [4.78, 5) is 22.4. The van der Waals surface area contributed by atoms with Gasteiger partial charge in [-0.15, -0.1) is 0 Å². The molecule has 0 radical (unpaired) electrons. The topological polar surface area (TPSA) is 117 Å². The van der Waals surface area contributed by atoms with Gasteiger partial charge in [0.05, 0.1) is 19.8 Å².